The molecular formula is C23H21ClN6O2. The number of nitrogens with zero attached hydrogens (tertiary/aromatic N) is 4. The maximum absolute atomic E-state index is 12.2. The number of anilines is 2. The molecule has 2 amide bonds. The molecule has 32 heavy (non-hydrogen) atoms. The number of rotatable bonds is 5. The van der Waals surface area contributed by atoms with E-state index in [0.29, 0.717) is 39.7 Å². The Morgan fingerprint density at radius 2 is 1.72 bits per heavy atom. The van der Waals surface area contributed by atoms with Crippen LogP contribution in [0.25, 0.3) is 5.82 Å². The third-order valence-corrected chi connectivity index (χ3v) is 4.95. The number of imidazole rings is 1. The fourth-order valence-electron chi connectivity index (χ4n) is 3.02. The van der Waals surface area contributed by atoms with Gasteiger partial charge >= 0.3 is 6.03 Å². The Morgan fingerprint density at radius 3 is 2.41 bits per heavy atom. The molecule has 0 bridgehead atoms. The Labute approximate surface area is 190 Å². The Morgan fingerprint density at radius 1 is 0.969 bits per heavy atom. The van der Waals surface area contributed by atoms with E-state index in [1.165, 1.54) is 0 Å². The number of hydrogen-bond donors (Lipinski definition) is 2. The van der Waals surface area contributed by atoms with Crippen molar-refractivity contribution in [3.63, 3.8) is 0 Å². The lowest BCUT2D eigenvalue weighted by atomic mass is 10.3. The van der Waals surface area contributed by atoms with Crippen LogP contribution in [0.3, 0.4) is 0 Å². The molecule has 0 radical (unpaired) electrons. The molecule has 0 fully saturated rings. The van der Waals surface area contributed by atoms with Crippen LogP contribution in [0, 0.1) is 20.8 Å². The third-order valence-electron chi connectivity index (χ3n) is 4.72. The number of ether oxygens (including phenoxy) is 1. The molecule has 0 spiro atoms. The maximum atomic E-state index is 12.2. The second-order valence-corrected chi connectivity index (χ2v) is 7.55. The van der Waals surface area contributed by atoms with Crippen molar-refractivity contribution in [3.8, 4) is 17.4 Å². The van der Waals surface area contributed by atoms with Crippen molar-refractivity contribution in [2.45, 2.75) is 20.8 Å². The minimum Gasteiger partial charge on any atom is -0.439 e. The van der Waals surface area contributed by atoms with E-state index in [9.17, 15) is 4.79 Å². The van der Waals surface area contributed by atoms with Crippen molar-refractivity contribution >= 4 is 29.0 Å². The van der Waals surface area contributed by atoms with Crippen LogP contribution in [-0.2, 0) is 0 Å². The fourth-order valence-corrected chi connectivity index (χ4v) is 3.21. The summed E-state index contributed by atoms with van der Waals surface area (Å²) in [4.78, 5) is 25.3. The number of aryl methyl sites for hydroxylation is 2. The van der Waals surface area contributed by atoms with Gasteiger partial charge in [-0.25, -0.2) is 14.8 Å². The van der Waals surface area contributed by atoms with Crippen LogP contribution >= 0.6 is 11.6 Å². The van der Waals surface area contributed by atoms with Crippen LogP contribution in [0.5, 0.6) is 11.6 Å². The van der Waals surface area contributed by atoms with Gasteiger partial charge in [-0.05, 0) is 63.2 Å². The predicted octanol–water partition coefficient (Wildman–Crippen LogP) is 5.68. The highest BCUT2D eigenvalue weighted by Crippen LogP contribution is 2.24. The SMILES string of the molecule is Cc1nc(Oc2ccc(NC(=O)Nc3cccc(Cl)c3)cc2)cc(-n2cnc(C)c2C)n1. The lowest BCUT2D eigenvalue weighted by molar-refractivity contribution is 0.262. The summed E-state index contributed by atoms with van der Waals surface area (Å²) in [7, 11) is 0. The van der Waals surface area contributed by atoms with Gasteiger partial charge in [-0.15, -0.1) is 0 Å². The summed E-state index contributed by atoms with van der Waals surface area (Å²) >= 11 is 5.94. The zero-order valence-corrected chi connectivity index (χ0v) is 18.5. The number of carbonyl (C=O) groups excluding carboxylic acids is 1. The van der Waals surface area contributed by atoms with E-state index in [4.69, 9.17) is 16.3 Å². The van der Waals surface area contributed by atoms with Gasteiger partial charge in [0.1, 0.15) is 23.7 Å². The number of benzene rings is 2. The minimum atomic E-state index is -0.372. The molecule has 0 aliphatic heterocycles. The Kier molecular flexibility index (Phi) is 6.04. The van der Waals surface area contributed by atoms with Gasteiger partial charge in [-0.3, -0.25) is 4.57 Å². The number of halogens is 1. The van der Waals surface area contributed by atoms with E-state index in [2.05, 4.69) is 25.6 Å². The van der Waals surface area contributed by atoms with E-state index < -0.39 is 0 Å². The van der Waals surface area contributed by atoms with E-state index in [1.807, 2.05) is 18.4 Å². The van der Waals surface area contributed by atoms with Crippen LogP contribution in [0.4, 0.5) is 16.2 Å². The quantitative estimate of drug-likeness (QED) is 0.409. The summed E-state index contributed by atoms with van der Waals surface area (Å²) in [6.07, 6.45) is 1.73. The molecule has 0 atom stereocenters. The molecule has 0 saturated heterocycles. The molecule has 2 N–H and O–H groups in total. The van der Waals surface area contributed by atoms with Gasteiger partial charge in [0.2, 0.25) is 5.88 Å². The molecule has 0 saturated carbocycles. The molecule has 162 valence electrons. The Bertz CT molecular complexity index is 1270. The first-order valence-electron chi connectivity index (χ1n) is 9.85. The highest BCUT2D eigenvalue weighted by atomic mass is 35.5. The summed E-state index contributed by atoms with van der Waals surface area (Å²) in [5.74, 6) is 2.26. The normalized spacial score (nSPS) is 10.6. The molecule has 4 rings (SSSR count). The van der Waals surface area contributed by atoms with E-state index in [1.54, 1.807) is 67.8 Å². The van der Waals surface area contributed by atoms with E-state index >= 15 is 0 Å². The number of urea groups is 1. The maximum Gasteiger partial charge on any atom is 0.323 e. The van der Waals surface area contributed by atoms with Gasteiger partial charge in [-0.1, -0.05) is 17.7 Å². The third kappa shape index (κ3) is 5.04. The first-order valence-corrected chi connectivity index (χ1v) is 10.2. The van der Waals surface area contributed by atoms with Crippen molar-refractivity contribution in [1.82, 2.24) is 19.5 Å². The summed E-state index contributed by atoms with van der Waals surface area (Å²) in [6, 6.07) is 15.3. The summed E-state index contributed by atoms with van der Waals surface area (Å²) in [6.45, 7) is 5.73. The van der Waals surface area contributed by atoms with Gasteiger partial charge in [0.15, 0.2) is 0 Å². The van der Waals surface area contributed by atoms with Gasteiger partial charge < -0.3 is 15.4 Å². The zero-order chi connectivity index (χ0) is 22.7. The summed E-state index contributed by atoms with van der Waals surface area (Å²) < 4.78 is 7.80. The van der Waals surface area contributed by atoms with Crippen LogP contribution in [0.15, 0.2) is 60.9 Å². The predicted molar refractivity (Wildman–Crippen MR) is 124 cm³/mol. The molecule has 9 heteroatoms. The smallest absolute Gasteiger partial charge is 0.323 e. The second-order valence-electron chi connectivity index (χ2n) is 7.11. The number of aromatic nitrogens is 4. The molecule has 0 aliphatic carbocycles. The van der Waals surface area contributed by atoms with E-state index in [-0.39, 0.29) is 6.03 Å². The minimum absolute atomic E-state index is 0.372. The van der Waals surface area contributed by atoms with Crippen LogP contribution in [0.1, 0.15) is 17.2 Å². The molecule has 2 aromatic heterocycles. The molecule has 8 nitrogen and oxygen atoms in total. The lowest BCUT2D eigenvalue weighted by Gasteiger charge is -2.11. The van der Waals surface area contributed by atoms with Crippen molar-refractivity contribution in [3.05, 3.63) is 83.2 Å². The molecule has 4 aromatic rings. The number of hydrogen-bond acceptors (Lipinski definition) is 5. The fraction of sp³-hybridized carbons (Fsp3) is 0.130. The lowest BCUT2D eigenvalue weighted by Crippen LogP contribution is -2.19. The van der Waals surface area contributed by atoms with Crippen molar-refractivity contribution in [2.24, 2.45) is 0 Å². The summed E-state index contributed by atoms with van der Waals surface area (Å²) in [5, 5.41) is 6.04. The number of nitrogens with one attached hydrogen (secondary N) is 2. The number of amides is 2. The van der Waals surface area contributed by atoms with Gasteiger partial charge in [-0.2, -0.15) is 4.98 Å². The van der Waals surface area contributed by atoms with Crippen LogP contribution in [-0.4, -0.2) is 25.6 Å². The Balaban J connectivity index is 1.43. The number of carbonyl (C=O) groups is 1. The van der Waals surface area contributed by atoms with Crippen molar-refractivity contribution in [1.29, 1.82) is 0 Å². The highest BCUT2D eigenvalue weighted by molar-refractivity contribution is 6.30. The van der Waals surface area contributed by atoms with Crippen molar-refractivity contribution in [2.75, 3.05) is 10.6 Å². The Hall–Kier alpha value is -3.91. The molecule has 2 aromatic carbocycles. The average molecular weight is 449 g/mol. The zero-order valence-electron chi connectivity index (χ0n) is 17.8. The summed E-state index contributed by atoms with van der Waals surface area (Å²) in [5.41, 5.74) is 3.15. The van der Waals surface area contributed by atoms with Crippen LogP contribution in [0.2, 0.25) is 5.02 Å². The van der Waals surface area contributed by atoms with Crippen molar-refractivity contribution < 1.29 is 9.53 Å². The topological polar surface area (TPSA) is 94.0 Å². The largest absolute Gasteiger partial charge is 0.439 e. The van der Waals surface area contributed by atoms with Gasteiger partial charge in [0.05, 0.1) is 5.69 Å². The monoisotopic (exact) mass is 448 g/mol. The molecular weight excluding hydrogens is 428 g/mol. The van der Waals surface area contributed by atoms with Gasteiger partial charge in [0.25, 0.3) is 0 Å². The first kappa shape index (κ1) is 21.3. The standard InChI is InChI=1S/C23H21ClN6O2/c1-14-15(2)30(13-25-14)21-12-22(27-16(3)26-21)32-20-9-7-18(8-10-20)28-23(31)29-19-6-4-5-17(24)11-19/h4-13H,1-3H3,(H2,28,29,31). The second kappa shape index (κ2) is 9.07. The van der Waals surface area contributed by atoms with Gasteiger partial charge in [0, 0.05) is 28.2 Å². The highest BCUT2D eigenvalue weighted by Gasteiger charge is 2.10. The molecule has 2 heterocycles. The van der Waals surface area contributed by atoms with Crippen LogP contribution < -0.4 is 15.4 Å². The average Bonchev–Trinajstić information content (AvgIpc) is 3.07. The molecule has 0 unspecified atom stereocenters. The molecule has 0 aliphatic rings. The first-order chi connectivity index (χ1) is 15.4. The van der Waals surface area contributed by atoms with E-state index in [0.717, 1.165) is 11.4 Å².